The van der Waals surface area contributed by atoms with Gasteiger partial charge in [-0.25, -0.2) is 4.79 Å². The molecular weight excluding hydrogens is 941 g/mol. The van der Waals surface area contributed by atoms with E-state index >= 15 is 0 Å². The Bertz CT molecular complexity index is 2880. The van der Waals surface area contributed by atoms with E-state index in [-0.39, 0.29) is 33.7 Å². The fourth-order valence-corrected chi connectivity index (χ4v) is 11.5. The molecule has 1 N–H and O–H groups in total. The minimum Gasteiger partial charge on any atom is -0.543 e. The van der Waals surface area contributed by atoms with Crippen LogP contribution in [-0.4, -0.2) is 45.2 Å². The second-order valence-electron chi connectivity index (χ2n) is 22.0. The van der Waals surface area contributed by atoms with Gasteiger partial charge >= 0.3 is 11.9 Å². The Balaban J connectivity index is 0.000000241. The molecule has 0 radical (unpaired) electrons. The van der Waals surface area contributed by atoms with Crippen molar-refractivity contribution in [1.29, 1.82) is 0 Å². The van der Waals surface area contributed by atoms with Gasteiger partial charge in [-0.3, -0.25) is 4.79 Å². The van der Waals surface area contributed by atoms with E-state index in [1.54, 1.807) is 6.07 Å². The molecule has 9 nitrogen and oxygen atoms in total. The van der Waals surface area contributed by atoms with Crippen molar-refractivity contribution >= 4 is 20.3 Å². The molecule has 1 aliphatic rings. The summed E-state index contributed by atoms with van der Waals surface area (Å²) in [6.45, 7) is 33.2. The Kier molecular flexibility index (Phi) is 18.1. The number of rotatable bonds is 19. The van der Waals surface area contributed by atoms with Crippen LogP contribution in [0.3, 0.4) is 0 Å². The van der Waals surface area contributed by atoms with Crippen molar-refractivity contribution < 1.29 is 42.2 Å². The van der Waals surface area contributed by atoms with Crippen molar-refractivity contribution in [3.8, 4) is 34.1 Å². The number of hydrogen-bond acceptors (Lipinski definition) is 9. The second-order valence-corrected chi connectivity index (χ2v) is 26.7. The first kappa shape index (κ1) is 57.4. The summed E-state index contributed by atoms with van der Waals surface area (Å²) in [5.41, 5.74) is 10.5. The highest BCUT2D eigenvalue weighted by atomic mass is 28.4. The predicted molar refractivity (Wildman–Crippen MR) is 301 cm³/mol. The summed E-state index contributed by atoms with van der Waals surface area (Å²) in [5.74, 6) is 3.51. The molecule has 6 aromatic rings. The molecular formula is C64H84O9Si. The van der Waals surface area contributed by atoms with Crippen molar-refractivity contribution in [2.75, 3.05) is 13.7 Å². The van der Waals surface area contributed by atoms with Crippen molar-refractivity contribution in [1.82, 2.24) is 0 Å². The molecule has 0 amide bonds. The lowest BCUT2D eigenvalue weighted by atomic mass is 9.70. The lowest BCUT2D eigenvalue weighted by molar-refractivity contribution is -0.142. The van der Waals surface area contributed by atoms with Crippen LogP contribution in [0.25, 0.3) is 22.6 Å². The van der Waals surface area contributed by atoms with Crippen LogP contribution >= 0.6 is 0 Å². The highest BCUT2D eigenvalue weighted by molar-refractivity contribution is 6.74. The zero-order chi connectivity index (χ0) is 54.4. The molecule has 4 aromatic carbocycles. The summed E-state index contributed by atoms with van der Waals surface area (Å²) in [6.07, 6.45) is 6.15. The maximum atomic E-state index is 11.8. The van der Waals surface area contributed by atoms with Crippen molar-refractivity contribution in [3.63, 3.8) is 0 Å². The number of ether oxygens (including phenoxy) is 3. The first-order chi connectivity index (χ1) is 35.0. The molecule has 0 aliphatic carbocycles. The summed E-state index contributed by atoms with van der Waals surface area (Å²) in [7, 11) is -0.558. The Morgan fingerprint density at radius 2 is 1.08 bits per heavy atom. The molecule has 398 valence electrons. The number of esters is 2. The zero-order valence-electron chi connectivity index (χ0n) is 47.4. The van der Waals surface area contributed by atoms with E-state index in [1.165, 1.54) is 34.9 Å². The maximum absolute atomic E-state index is 11.8. The molecule has 2 aromatic heterocycles. The Morgan fingerprint density at radius 1 is 0.622 bits per heavy atom. The van der Waals surface area contributed by atoms with Crippen LogP contribution in [0, 0.1) is 27.7 Å². The average Bonchev–Trinajstić information content (AvgIpc) is 4.18. The van der Waals surface area contributed by atoms with Crippen LogP contribution in [-0.2, 0) is 30.7 Å². The average molecular weight is 1030 g/mol. The van der Waals surface area contributed by atoms with Gasteiger partial charge in [-0.15, -0.1) is 0 Å². The molecule has 0 spiro atoms. The van der Waals surface area contributed by atoms with E-state index in [1.807, 2.05) is 32.0 Å². The third kappa shape index (κ3) is 11.8. The largest absolute Gasteiger partial charge is 0.543 e. The molecule has 0 bridgehead atoms. The number of aryl methyl sites for hydroxylation is 4. The summed E-state index contributed by atoms with van der Waals surface area (Å²) in [4.78, 5) is 23.2. The number of cyclic esters (lactones) is 1. The predicted octanol–water partition coefficient (Wildman–Crippen LogP) is 16.6. The molecule has 10 heteroatoms. The Morgan fingerprint density at radius 3 is 1.50 bits per heavy atom. The molecule has 1 fully saturated rings. The van der Waals surface area contributed by atoms with Crippen molar-refractivity contribution in [2.24, 2.45) is 0 Å². The number of carbonyl (C=O) groups is 2. The van der Waals surface area contributed by atoms with Gasteiger partial charge in [-0.2, -0.15) is 0 Å². The fourth-order valence-electron chi connectivity index (χ4n) is 10.4. The smallest absolute Gasteiger partial charge is 0.373 e. The first-order valence-corrected chi connectivity index (χ1v) is 29.9. The van der Waals surface area contributed by atoms with Crippen molar-refractivity contribution in [2.45, 2.75) is 182 Å². The lowest BCUT2D eigenvalue weighted by Crippen LogP contribution is -2.44. The third-order valence-electron chi connectivity index (χ3n) is 16.7. The quantitative estimate of drug-likeness (QED) is 0.0625. The number of carbonyl (C=O) groups excluding carboxylic acids is 2. The highest BCUT2D eigenvalue weighted by Crippen LogP contribution is 2.45. The molecule has 0 saturated carbocycles. The van der Waals surface area contributed by atoms with Gasteiger partial charge in [0.05, 0.1) is 7.11 Å². The Labute approximate surface area is 443 Å². The number of aliphatic hydroxyl groups is 1. The molecule has 1 saturated heterocycles. The number of furan rings is 2. The molecule has 3 heterocycles. The van der Waals surface area contributed by atoms with E-state index < -0.39 is 19.9 Å². The van der Waals surface area contributed by atoms with Crippen LogP contribution in [0.5, 0.6) is 11.5 Å². The standard InChI is InChI=1S/C33H42O5.C31H42O4Si/c1-7-32(8-2,25-12-15-28(23(6)20-25)36-21-26-13-18-31(34)37-26)24-11-14-27(22(5)19-24)29-16-17-30(38-29)33(35,9-3)10-4;1-11-31(12-2,24-14-16-26(22(4)20-24)35-36(9,10)30(5,6)7)23-13-15-25(21(3)19-23)27-17-18-28(34-27)29(32)33-8/h11-12,14-17,19-20,26,35H,7-10,13,18,21H2,1-6H3;13-20H,11-12H2,1-10H3/t26-;/m1./s1. The highest BCUT2D eigenvalue weighted by Gasteiger charge is 2.40. The first-order valence-electron chi connectivity index (χ1n) is 27.0. The van der Waals surface area contributed by atoms with Gasteiger partial charge in [0.1, 0.15) is 47.1 Å². The number of hydrogen-bond donors (Lipinski definition) is 1. The molecule has 1 atom stereocenters. The van der Waals surface area contributed by atoms with Crippen LogP contribution in [0.15, 0.2) is 106 Å². The molecule has 0 unspecified atom stereocenters. The molecule has 74 heavy (non-hydrogen) atoms. The topological polar surface area (TPSA) is 118 Å². The number of benzene rings is 4. The Hall–Kier alpha value is -5.84. The van der Waals surface area contributed by atoms with Gasteiger partial charge in [-0.05, 0) is 172 Å². The van der Waals surface area contributed by atoms with Crippen LogP contribution in [0.2, 0.25) is 18.1 Å². The minimum atomic E-state index is -1.91. The molecule has 1 aliphatic heterocycles. The normalized spacial score (nSPS) is 14.3. The van der Waals surface area contributed by atoms with Crippen LogP contribution in [0.1, 0.15) is 175 Å². The molecule has 7 rings (SSSR count). The van der Waals surface area contributed by atoms with E-state index in [2.05, 4.69) is 162 Å². The monoisotopic (exact) mass is 1020 g/mol. The second kappa shape index (κ2) is 23.4. The van der Waals surface area contributed by atoms with Gasteiger partial charge in [0.15, 0.2) is 0 Å². The lowest BCUT2D eigenvalue weighted by Gasteiger charge is -2.38. The fraction of sp³-hybridized carbons (Fsp3) is 0.469. The van der Waals surface area contributed by atoms with Gasteiger partial charge in [-0.1, -0.05) is 123 Å². The van der Waals surface area contributed by atoms with E-state index in [4.69, 9.17) is 27.5 Å². The van der Waals surface area contributed by atoms with Crippen molar-refractivity contribution in [3.05, 3.63) is 153 Å². The summed E-state index contributed by atoms with van der Waals surface area (Å²) < 4.78 is 34.7. The third-order valence-corrected chi connectivity index (χ3v) is 21.1. The SMILES string of the molecule is CCC(CC)(c1ccc(O[Si](C)(C)C(C)(C)C)c(C)c1)c1ccc(-c2ccc(C(=O)OC)o2)c(C)c1.CCC(O)(CC)c1ccc(-c2ccc(C(CC)(CC)c3ccc(OC[C@H]4CCC(=O)O4)c(C)c3)cc2C)o1. The maximum Gasteiger partial charge on any atom is 0.373 e. The number of methoxy groups -OCH3 is 1. The van der Waals surface area contributed by atoms with Gasteiger partial charge in [0, 0.05) is 28.4 Å². The summed E-state index contributed by atoms with van der Waals surface area (Å²) >= 11 is 0. The van der Waals surface area contributed by atoms with Gasteiger partial charge < -0.3 is 32.6 Å². The van der Waals surface area contributed by atoms with Crippen LogP contribution < -0.4 is 9.16 Å². The van der Waals surface area contributed by atoms with Gasteiger partial charge in [0.25, 0.3) is 0 Å². The van der Waals surface area contributed by atoms with E-state index in [0.29, 0.717) is 37.4 Å². The van der Waals surface area contributed by atoms with E-state index in [0.717, 1.165) is 77.2 Å². The van der Waals surface area contributed by atoms with Crippen LogP contribution in [0.4, 0.5) is 0 Å². The summed E-state index contributed by atoms with van der Waals surface area (Å²) in [6, 6.07) is 33.8. The minimum absolute atomic E-state index is 0.107. The summed E-state index contributed by atoms with van der Waals surface area (Å²) in [5, 5.41) is 11.0. The van der Waals surface area contributed by atoms with Gasteiger partial charge in [0.2, 0.25) is 14.1 Å². The zero-order valence-corrected chi connectivity index (χ0v) is 48.4. The van der Waals surface area contributed by atoms with E-state index in [9.17, 15) is 14.7 Å².